The molecule has 0 radical (unpaired) electrons. The van der Waals surface area contributed by atoms with E-state index in [0.717, 1.165) is 37.3 Å². The van der Waals surface area contributed by atoms with Crippen molar-refractivity contribution >= 4 is 6.09 Å². The third kappa shape index (κ3) is 4.74. The number of aryl methyl sites for hydroxylation is 1. The topological polar surface area (TPSA) is 47.6 Å². The summed E-state index contributed by atoms with van der Waals surface area (Å²) in [4.78, 5) is 11.8. The summed E-state index contributed by atoms with van der Waals surface area (Å²) in [7, 11) is 0. The predicted molar refractivity (Wildman–Crippen MR) is 119 cm³/mol. The summed E-state index contributed by atoms with van der Waals surface area (Å²) in [6.45, 7) is 5.76. The molecule has 1 unspecified atom stereocenters. The van der Waals surface area contributed by atoms with Crippen molar-refractivity contribution in [3.63, 3.8) is 0 Å². The fourth-order valence-corrected chi connectivity index (χ4v) is 5.21. The lowest BCUT2D eigenvalue weighted by molar-refractivity contribution is -0.137. The van der Waals surface area contributed by atoms with Crippen LogP contribution in [0.2, 0.25) is 0 Å². The fraction of sp³-hybridized carbons (Fsp3) is 0.500. The first-order valence-electron chi connectivity index (χ1n) is 11.4. The number of ether oxygens (including phenoxy) is 2. The van der Waals surface area contributed by atoms with E-state index in [-0.39, 0.29) is 23.2 Å². The Morgan fingerprint density at radius 2 is 1.79 bits per heavy atom. The van der Waals surface area contributed by atoms with Crippen molar-refractivity contribution in [2.45, 2.75) is 75.8 Å². The van der Waals surface area contributed by atoms with Crippen molar-refractivity contribution in [2.24, 2.45) is 0 Å². The molecule has 1 amide bonds. The van der Waals surface area contributed by atoms with Crippen LogP contribution in [0, 0.1) is 6.92 Å². The maximum atomic E-state index is 13.3. The molecule has 1 saturated heterocycles. The van der Waals surface area contributed by atoms with E-state index in [9.17, 15) is 18.0 Å². The van der Waals surface area contributed by atoms with Gasteiger partial charge in [0.2, 0.25) is 0 Å². The molecule has 1 aliphatic heterocycles. The fourth-order valence-electron chi connectivity index (χ4n) is 5.21. The Balaban J connectivity index is 1.55. The normalized spacial score (nSPS) is 28.4. The minimum Gasteiger partial charge on any atom is -0.444 e. The molecule has 2 atom stereocenters. The number of cyclic esters (lactones) is 1. The molecule has 7 heteroatoms. The number of carbonyl (C=O) groups is 1. The first-order chi connectivity index (χ1) is 15.5. The molecule has 2 aromatic carbocycles. The standard InChI is InChI=1S/C26H30F3NO3/c1-17-13-20(15-22(14-17)26(27,28)29)18(2)32-16-24(21-7-5-4-6-8-21)9-11-25(12-10-24)19(3)33-23(31)30-25/h4-8,13-15,18-19H,9-12,16H2,1-3H3,(H,30,31)/t18-,19?,24?,25?/m1/s1. The van der Waals surface area contributed by atoms with Crippen molar-refractivity contribution in [1.29, 1.82) is 0 Å². The number of hydrogen-bond donors (Lipinski definition) is 1. The van der Waals surface area contributed by atoms with E-state index in [4.69, 9.17) is 9.47 Å². The number of hydrogen-bond acceptors (Lipinski definition) is 3. The van der Waals surface area contributed by atoms with Gasteiger partial charge in [-0.3, -0.25) is 0 Å². The van der Waals surface area contributed by atoms with Gasteiger partial charge in [-0.1, -0.05) is 42.0 Å². The van der Waals surface area contributed by atoms with E-state index in [0.29, 0.717) is 17.7 Å². The molecule has 33 heavy (non-hydrogen) atoms. The number of carbonyl (C=O) groups excluding carboxylic acids is 1. The molecule has 1 N–H and O–H groups in total. The molecule has 178 valence electrons. The molecule has 0 bridgehead atoms. The Morgan fingerprint density at radius 1 is 1.12 bits per heavy atom. The lowest BCUT2D eigenvalue weighted by Crippen LogP contribution is -2.53. The van der Waals surface area contributed by atoms with E-state index in [1.807, 2.05) is 25.1 Å². The van der Waals surface area contributed by atoms with E-state index < -0.39 is 17.8 Å². The second-order valence-electron chi connectivity index (χ2n) is 9.56. The molecule has 2 aliphatic rings. The second-order valence-corrected chi connectivity index (χ2v) is 9.56. The molecular weight excluding hydrogens is 431 g/mol. The van der Waals surface area contributed by atoms with E-state index in [2.05, 4.69) is 17.4 Å². The van der Waals surface area contributed by atoms with Gasteiger partial charge in [-0.25, -0.2) is 4.79 Å². The van der Waals surface area contributed by atoms with E-state index >= 15 is 0 Å². The summed E-state index contributed by atoms with van der Waals surface area (Å²) >= 11 is 0. The summed E-state index contributed by atoms with van der Waals surface area (Å²) in [6, 6.07) is 14.2. The summed E-state index contributed by atoms with van der Waals surface area (Å²) in [5.41, 5.74) is 0.895. The Bertz CT molecular complexity index is 998. The summed E-state index contributed by atoms with van der Waals surface area (Å²) in [5.74, 6) is 0. The van der Waals surface area contributed by atoms with Crippen LogP contribution in [0.5, 0.6) is 0 Å². The minimum atomic E-state index is -4.39. The van der Waals surface area contributed by atoms with E-state index in [1.165, 1.54) is 6.07 Å². The molecule has 4 rings (SSSR count). The highest BCUT2D eigenvalue weighted by atomic mass is 19.4. The second kappa shape index (κ2) is 8.67. The van der Waals surface area contributed by atoms with Crippen LogP contribution < -0.4 is 5.32 Å². The van der Waals surface area contributed by atoms with Gasteiger partial charge in [0, 0.05) is 5.41 Å². The third-order valence-corrected chi connectivity index (χ3v) is 7.40. The van der Waals surface area contributed by atoms with Crippen molar-refractivity contribution in [3.05, 3.63) is 70.8 Å². The van der Waals surface area contributed by atoms with Crippen LogP contribution in [0.25, 0.3) is 0 Å². The largest absolute Gasteiger partial charge is 0.444 e. The molecule has 0 aromatic heterocycles. The molecular formula is C26H30F3NO3. The van der Waals surface area contributed by atoms with Gasteiger partial charge in [0.05, 0.1) is 23.8 Å². The van der Waals surface area contributed by atoms with Gasteiger partial charge >= 0.3 is 12.3 Å². The van der Waals surface area contributed by atoms with Crippen LogP contribution >= 0.6 is 0 Å². The number of rotatable bonds is 5. The molecule has 4 nitrogen and oxygen atoms in total. The smallest absolute Gasteiger partial charge is 0.416 e. The van der Waals surface area contributed by atoms with Crippen LogP contribution in [0.1, 0.15) is 67.9 Å². The first-order valence-corrected chi connectivity index (χ1v) is 11.4. The third-order valence-electron chi connectivity index (χ3n) is 7.40. The molecule has 1 saturated carbocycles. The number of amides is 1. The average molecular weight is 462 g/mol. The summed E-state index contributed by atoms with van der Waals surface area (Å²) < 4.78 is 51.5. The molecule has 1 heterocycles. The van der Waals surface area contributed by atoms with Gasteiger partial charge in [-0.05, 0) is 69.7 Å². The van der Waals surface area contributed by atoms with Gasteiger partial charge in [0.1, 0.15) is 6.10 Å². The zero-order chi connectivity index (χ0) is 23.9. The van der Waals surface area contributed by atoms with Crippen LogP contribution in [0.3, 0.4) is 0 Å². The number of benzene rings is 2. The average Bonchev–Trinajstić information content (AvgIpc) is 3.05. The van der Waals surface area contributed by atoms with E-state index in [1.54, 1.807) is 19.9 Å². The van der Waals surface area contributed by atoms with Crippen LogP contribution in [0.4, 0.5) is 18.0 Å². The van der Waals surface area contributed by atoms with Crippen LogP contribution in [-0.4, -0.2) is 24.3 Å². The Hall–Kier alpha value is -2.54. The molecule has 1 aliphatic carbocycles. The lowest BCUT2D eigenvalue weighted by Gasteiger charge is -2.46. The van der Waals surface area contributed by atoms with Gasteiger partial charge in [-0.15, -0.1) is 0 Å². The number of alkyl halides is 3. The van der Waals surface area contributed by atoms with Crippen LogP contribution in [-0.2, 0) is 21.1 Å². The highest BCUT2D eigenvalue weighted by Crippen LogP contribution is 2.47. The molecule has 1 spiro atoms. The van der Waals surface area contributed by atoms with Crippen molar-refractivity contribution in [2.75, 3.05) is 6.61 Å². The molecule has 2 aromatic rings. The summed E-state index contributed by atoms with van der Waals surface area (Å²) in [6.07, 6.45) is -2.42. The van der Waals surface area contributed by atoms with Crippen molar-refractivity contribution in [3.8, 4) is 0 Å². The zero-order valence-corrected chi connectivity index (χ0v) is 19.2. The van der Waals surface area contributed by atoms with Gasteiger partial charge in [0.15, 0.2) is 0 Å². The lowest BCUT2D eigenvalue weighted by atomic mass is 9.63. The quantitative estimate of drug-likeness (QED) is 0.555. The Morgan fingerprint density at radius 3 is 2.36 bits per heavy atom. The van der Waals surface area contributed by atoms with Gasteiger partial charge < -0.3 is 14.8 Å². The van der Waals surface area contributed by atoms with Crippen molar-refractivity contribution < 1.29 is 27.4 Å². The van der Waals surface area contributed by atoms with Gasteiger partial charge in [0.25, 0.3) is 0 Å². The predicted octanol–water partition coefficient (Wildman–Crippen LogP) is 6.47. The van der Waals surface area contributed by atoms with Crippen LogP contribution in [0.15, 0.2) is 48.5 Å². The molecule has 2 fully saturated rings. The Labute approximate surface area is 192 Å². The monoisotopic (exact) mass is 461 g/mol. The number of halogens is 3. The van der Waals surface area contributed by atoms with Gasteiger partial charge in [-0.2, -0.15) is 13.2 Å². The number of alkyl carbamates (subject to hydrolysis) is 1. The maximum Gasteiger partial charge on any atom is 0.416 e. The number of nitrogens with one attached hydrogen (secondary N) is 1. The minimum absolute atomic E-state index is 0.202. The zero-order valence-electron chi connectivity index (χ0n) is 19.2. The van der Waals surface area contributed by atoms with Crippen molar-refractivity contribution in [1.82, 2.24) is 5.32 Å². The summed E-state index contributed by atoms with van der Waals surface area (Å²) in [5, 5.41) is 3.02. The first kappa shape index (κ1) is 23.6. The highest BCUT2D eigenvalue weighted by Gasteiger charge is 2.52. The Kier molecular flexibility index (Phi) is 6.20. The SMILES string of the molecule is Cc1cc([C@@H](C)OCC2(c3ccccc3)CCC3(CC2)NC(=O)OC3C)cc(C(F)(F)F)c1. The highest BCUT2D eigenvalue weighted by molar-refractivity contribution is 5.71. The maximum absolute atomic E-state index is 13.3.